The van der Waals surface area contributed by atoms with Crippen LogP contribution in [0.1, 0.15) is 106 Å². The van der Waals surface area contributed by atoms with E-state index in [0.29, 0.717) is 5.56 Å². The van der Waals surface area contributed by atoms with E-state index in [0.717, 1.165) is 5.56 Å². The number of ether oxygens (including phenoxy) is 10. The maximum atomic E-state index is 14.6. The Kier molecular flexibility index (Phi) is 20.0. The molecule has 3 aliphatic rings. The van der Waals surface area contributed by atoms with Gasteiger partial charge in [0.2, 0.25) is 0 Å². The van der Waals surface area contributed by atoms with Gasteiger partial charge in [-0.25, -0.2) is 9.59 Å². The van der Waals surface area contributed by atoms with Crippen LogP contribution in [0.2, 0.25) is 0 Å². The van der Waals surface area contributed by atoms with Gasteiger partial charge in [-0.15, -0.1) is 0 Å². The molecular formula is C53H79NO17. The first-order chi connectivity index (χ1) is 33.4. The first-order valence-electron chi connectivity index (χ1n) is 24.8. The maximum Gasteiger partial charge on any atom is 0.509 e. The highest BCUT2D eigenvalue weighted by Crippen LogP contribution is 2.42. The lowest BCUT2D eigenvalue weighted by Gasteiger charge is -2.50. The average molecular weight is 1000 g/mol. The number of methoxy groups -OCH3 is 2. The number of amides is 1. The number of hydrogen-bond acceptors (Lipinski definition) is 17. The van der Waals surface area contributed by atoms with Gasteiger partial charge in [-0.2, -0.15) is 0 Å². The summed E-state index contributed by atoms with van der Waals surface area (Å²) in [7, 11) is 4.44. The van der Waals surface area contributed by atoms with Crippen LogP contribution in [-0.2, 0) is 70.2 Å². The zero-order chi connectivity index (χ0) is 52.6. The second kappa shape index (κ2) is 24.7. The molecule has 3 heterocycles. The Morgan fingerprint density at radius 2 is 1.34 bits per heavy atom. The van der Waals surface area contributed by atoms with Crippen LogP contribution in [0.25, 0.3) is 0 Å². The van der Waals surface area contributed by atoms with Crippen molar-refractivity contribution in [2.75, 3.05) is 21.3 Å². The summed E-state index contributed by atoms with van der Waals surface area (Å²) in [5.41, 5.74) is -3.20. The SMILES string of the molecule is CC[C@H]1OC(=O)[C@H](C)[C@@H](O[C@H]2C[C@@](C)(OC)[C@@H](O)[C@H](C)O2)[C@H](C)[C@@H](O[C@@H]2O[C@H](C)C[C@H](N(C)C(=O)OCc3ccccc3)[C@H]2OC(=O)OCc2ccccc2)[C@](C)(OC)C[C@@H](C)C(=O)[C@H](C)[C@@H](O)[C@]1(C)O. The molecule has 0 bridgehead atoms. The van der Waals surface area contributed by atoms with Gasteiger partial charge in [0.05, 0.1) is 53.7 Å². The summed E-state index contributed by atoms with van der Waals surface area (Å²) in [6, 6.07) is 17.2. The van der Waals surface area contributed by atoms with E-state index in [1.165, 1.54) is 40.0 Å². The fourth-order valence-corrected chi connectivity index (χ4v) is 10.4. The number of carbonyl (C=O) groups is 4. The van der Waals surface area contributed by atoms with Crippen molar-refractivity contribution in [2.45, 2.75) is 192 Å². The molecule has 3 N–H and O–H groups in total. The lowest BCUT2D eigenvalue weighted by atomic mass is 9.74. The van der Waals surface area contributed by atoms with Crippen LogP contribution < -0.4 is 0 Å². The fraction of sp³-hybridized carbons (Fsp3) is 0.698. The molecule has 0 aromatic heterocycles. The van der Waals surface area contributed by atoms with Gasteiger partial charge in [-0.05, 0) is 71.9 Å². The standard InChI is InChI=1S/C53H79NO17/c1-14-39-53(10,61)44(56)32(4)41(55)30(2)26-52(9,63-13)46(33(5)42(34(6)47(58)68-39)69-40-27-51(8,62-12)45(57)35(7)67-40)71-48-43(70-50(60)65-29-37-23-19-16-20-24-37)38(25-31(3)66-48)54(11)49(59)64-28-36-21-17-15-18-22-36/h15-24,30-35,38-40,42-46,48,56-57,61H,14,25-29H2,1-13H3/t30-,31-,32+,33+,34-,35+,38+,39-,40+,42+,43-,44-,45+,46-,48+,51-,52-,53-/m1/s1. The van der Waals surface area contributed by atoms with Gasteiger partial charge in [0.1, 0.15) is 36.8 Å². The van der Waals surface area contributed by atoms with E-state index in [-0.39, 0.29) is 38.9 Å². The van der Waals surface area contributed by atoms with Gasteiger partial charge in [-0.1, -0.05) is 88.4 Å². The van der Waals surface area contributed by atoms with Crippen molar-refractivity contribution in [3.05, 3.63) is 71.8 Å². The number of rotatable bonds is 13. The Morgan fingerprint density at radius 1 is 0.761 bits per heavy atom. The van der Waals surface area contributed by atoms with Crippen molar-refractivity contribution in [3.63, 3.8) is 0 Å². The lowest BCUT2D eigenvalue weighted by molar-refractivity contribution is -0.319. The van der Waals surface area contributed by atoms with Crippen molar-refractivity contribution >= 4 is 24.0 Å². The zero-order valence-corrected chi connectivity index (χ0v) is 43.7. The van der Waals surface area contributed by atoms with Gasteiger partial charge in [-0.3, -0.25) is 9.59 Å². The molecule has 18 nitrogen and oxygen atoms in total. The molecule has 3 aliphatic heterocycles. The highest BCUT2D eigenvalue weighted by molar-refractivity contribution is 5.83. The van der Waals surface area contributed by atoms with Crippen molar-refractivity contribution in [1.29, 1.82) is 0 Å². The van der Waals surface area contributed by atoms with E-state index in [4.69, 9.17) is 47.4 Å². The van der Waals surface area contributed by atoms with Crippen LogP contribution in [0, 0.1) is 23.7 Å². The van der Waals surface area contributed by atoms with Gasteiger partial charge in [0.25, 0.3) is 0 Å². The predicted octanol–water partition coefficient (Wildman–Crippen LogP) is 6.51. The molecular weight excluding hydrogens is 923 g/mol. The van der Waals surface area contributed by atoms with E-state index in [1.54, 1.807) is 79.7 Å². The molecule has 5 rings (SSSR count). The Balaban J connectivity index is 1.63. The van der Waals surface area contributed by atoms with Gasteiger partial charge >= 0.3 is 18.2 Å². The predicted molar refractivity (Wildman–Crippen MR) is 257 cm³/mol. The summed E-state index contributed by atoms with van der Waals surface area (Å²) >= 11 is 0. The molecule has 3 fully saturated rings. The van der Waals surface area contributed by atoms with Crippen LogP contribution in [0.4, 0.5) is 9.59 Å². The first kappa shape index (κ1) is 57.7. The number of nitrogens with zero attached hydrogens (tertiary/aromatic N) is 1. The Labute approximate surface area is 418 Å². The van der Waals surface area contributed by atoms with Crippen LogP contribution in [0.3, 0.4) is 0 Å². The molecule has 18 heteroatoms. The Hall–Kier alpha value is -4.24. The number of aliphatic hydroxyl groups is 3. The molecule has 0 spiro atoms. The molecule has 0 aliphatic carbocycles. The van der Waals surface area contributed by atoms with Crippen molar-refractivity contribution in [1.82, 2.24) is 4.90 Å². The number of benzene rings is 2. The second-order valence-corrected chi connectivity index (χ2v) is 20.4. The molecule has 0 unspecified atom stereocenters. The topological polar surface area (TPSA) is 225 Å². The second-order valence-electron chi connectivity index (χ2n) is 20.4. The minimum atomic E-state index is -2.05. The average Bonchev–Trinajstić information content (AvgIpc) is 3.35. The number of ketones is 1. The van der Waals surface area contributed by atoms with Gasteiger partial charge in [0.15, 0.2) is 18.7 Å². The minimum Gasteiger partial charge on any atom is -0.459 e. The highest BCUT2D eigenvalue weighted by Gasteiger charge is 2.55. The van der Waals surface area contributed by atoms with Crippen LogP contribution in [0.5, 0.6) is 0 Å². The number of Topliss-reactive ketones (excluding diaryl/α,β-unsaturated/α-hetero) is 1. The van der Waals surface area contributed by atoms with Gasteiger partial charge < -0.3 is 67.6 Å². The molecule has 71 heavy (non-hydrogen) atoms. The number of aliphatic hydroxyl groups excluding tert-OH is 2. The first-order valence-corrected chi connectivity index (χ1v) is 24.8. The third-order valence-corrected chi connectivity index (χ3v) is 15.0. The van der Waals surface area contributed by atoms with E-state index < -0.39 is 132 Å². The quantitative estimate of drug-likeness (QED) is 0.144. The summed E-state index contributed by atoms with van der Waals surface area (Å²) in [6.07, 6.45) is -13.2. The lowest BCUT2D eigenvalue weighted by Crippen LogP contribution is -2.62. The number of cyclic esters (lactones) is 1. The highest BCUT2D eigenvalue weighted by atomic mass is 16.8. The monoisotopic (exact) mass is 1000 g/mol. The third kappa shape index (κ3) is 13.7. The molecule has 398 valence electrons. The van der Waals surface area contributed by atoms with Crippen LogP contribution in [0.15, 0.2) is 60.7 Å². The minimum absolute atomic E-state index is 0.0315. The van der Waals surface area contributed by atoms with E-state index in [1.807, 2.05) is 36.4 Å². The fourth-order valence-electron chi connectivity index (χ4n) is 10.4. The van der Waals surface area contributed by atoms with E-state index in [9.17, 15) is 34.5 Å². The smallest absolute Gasteiger partial charge is 0.459 e. The maximum absolute atomic E-state index is 14.6. The summed E-state index contributed by atoms with van der Waals surface area (Å²) < 4.78 is 62.6. The Bertz CT molecular complexity index is 2040. The number of carbonyl (C=O) groups excluding carboxylic acids is 4. The third-order valence-electron chi connectivity index (χ3n) is 15.0. The molecule has 2 aromatic rings. The summed E-state index contributed by atoms with van der Waals surface area (Å²) in [5, 5.41) is 34.7. The van der Waals surface area contributed by atoms with E-state index >= 15 is 0 Å². The van der Waals surface area contributed by atoms with E-state index in [2.05, 4.69) is 0 Å². The summed E-state index contributed by atoms with van der Waals surface area (Å²) in [6.45, 7) is 16.4. The molecule has 18 atom stereocenters. The molecule has 0 saturated carbocycles. The van der Waals surface area contributed by atoms with Crippen molar-refractivity contribution in [3.8, 4) is 0 Å². The number of esters is 1. The van der Waals surface area contributed by atoms with Crippen LogP contribution >= 0.6 is 0 Å². The zero-order valence-electron chi connectivity index (χ0n) is 43.7. The van der Waals surface area contributed by atoms with Crippen LogP contribution in [-0.4, -0.2) is 150 Å². The van der Waals surface area contributed by atoms with Gasteiger partial charge in [0, 0.05) is 45.4 Å². The van der Waals surface area contributed by atoms with Crippen molar-refractivity contribution in [2.24, 2.45) is 23.7 Å². The number of hydrogen-bond donors (Lipinski definition) is 3. The molecule has 0 radical (unpaired) electrons. The molecule has 3 saturated heterocycles. The Morgan fingerprint density at radius 3 is 1.90 bits per heavy atom. The van der Waals surface area contributed by atoms with Crippen molar-refractivity contribution < 1.29 is 81.9 Å². The summed E-state index contributed by atoms with van der Waals surface area (Å²) in [4.78, 5) is 58.1. The number of likely N-dealkylation sites (N-methyl/N-ethyl adjacent to an activating group) is 1. The largest absolute Gasteiger partial charge is 0.509 e. The normalized spacial score (nSPS) is 38.6. The molecule has 2 aromatic carbocycles. The molecule has 1 amide bonds. The summed E-state index contributed by atoms with van der Waals surface area (Å²) in [5.74, 6) is -5.25.